The minimum atomic E-state index is -0.771. The molecule has 0 spiro atoms. The topological polar surface area (TPSA) is 84.1 Å². The average Bonchev–Trinajstić information content (AvgIpc) is 3.47. The maximum Gasteiger partial charge on any atom is 0.318 e. The Kier molecular flexibility index (Phi) is 8.86. The van der Waals surface area contributed by atoms with Crippen molar-refractivity contribution in [1.29, 1.82) is 0 Å². The molecule has 9 nitrogen and oxygen atoms in total. The first kappa shape index (κ1) is 29.7. The van der Waals surface area contributed by atoms with E-state index in [9.17, 15) is 9.59 Å². The van der Waals surface area contributed by atoms with Gasteiger partial charge in [-0.15, -0.1) is 0 Å². The minimum absolute atomic E-state index is 0.134. The molecule has 6 rings (SSSR count). The average molecular weight is 595 g/mol. The summed E-state index contributed by atoms with van der Waals surface area (Å²) in [6.45, 7) is 7.23. The summed E-state index contributed by atoms with van der Waals surface area (Å²) in [5.41, 5.74) is 5.12. The monoisotopic (exact) mass is 594 g/mol. The molecule has 2 aliphatic heterocycles. The summed E-state index contributed by atoms with van der Waals surface area (Å²) in [6, 6.07) is 23.5. The molecule has 1 fully saturated rings. The van der Waals surface area contributed by atoms with Crippen molar-refractivity contribution in [2.24, 2.45) is 0 Å². The summed E-state index contributed by atoms with van der Waals surface area (Å²) in [5, 5.41) is 4.25. The SMILES string of the molecule is C[C@H](c1c[nH]c2ccccc12)[C@@H](NC(=O)N1CCN(Cc2ccccc2)CC1)C(=O)N1CCOc2ccc(CN(C)C)cc21. The van der Waals surface area contributed by atoms with Crippen LogP contribution >= 0.6 is 0 Å². The van der Waals surface area contributed by atoms with Crippen molar-refractivity contribution < 1.29 is 14.3 Å². The van der Waals surface area contributed by atoms with Crippen LogP contribution in [0.2, 0.25) is 0 Å². The Morgan fingerprint density at radius 2 is 1.68 bits per heavy atom. The zero-order valence-corrected chi connectivity index (χ0v) is 25.8. The normalized spacial score (nSPS) is 16.8. The van der Waals surface area contributed by atoms with Gasteiger partial charge in [-0.3, -0.25) is 9.69 Å². The van der Waals surface area contributed by atoms with E-state index in [1.807, 2.05) is 74.6 Å². The number of ether oxygens (including phenoxy) is 1. The molecule has 4 aromatic rings. The zero-order chi connectivity index (χ0) is 30.6. The Hall–Kier alpha value is -4.34. The van der Waals surface area contributed by atoms with Gasteiger partial charge in [-0.1, -0.05) is 61.5 Å². The zero-order valence-electron chi connectivity index (χ0n) is 25.8. The van der Waals surface area contributed by atoms with Crippen LogP contribution in [0.5, 0.6) is 5.75 Å². The number of aromatic amines is 1. The number of hydrogen-bond donors (Lipinski definition) is 2. The number of piperazine rings is 1. The van der Waals surface area contributed by atoms with Crippen LogP contribution in [0.1, 0.15) is 29.5 Å². The molecular weight excluding hydrogens is 552 g/mol. The molecule has 3 amide bonds. The van der Waals surface area contributed by atoms with E-state index in [1.165, 1.54) is 5.56 Å². The van der Waals surface area contributed by atoms with Gasteiger partial charge in [0, 0.05) is 62.3 Å². The third-order valence-corrected chi connectivity index (χ3v) is 8.72. The van der Waals surface area contributed by atoms with Gasteiger partial charge in [0.05, 0.1) is 12.2 Å². The van der Waals surface area contributed by atoms with Gasteiger partial charge in [-0.2, -0.15) is 0 Å². The number of carbonyl (C=O) groups excluding carboxylic acids is 2. The molecule has 1 aromatic heterocycles. The maximum absolute atomic E-state index is 14.5. The second kappa shape index (κ2) is 13.1. The van der Waals surface area contributed by atoms with Crippen molar-refractivity contribution in [2.75, 3.05) is 58.3 Å². The van der Waals surface area contributed by atoms with E-state index < -0.39 is 6.04 Å². The quantitative estimate of drug-likeness (QED) is 0.310. The fourth-order valence-electron chi connectivity index (χ4n) is 6.35. The Morgan fingerprint density at radius 3 is 2.45 bits per heavy atom. The Bertz CT molecular complexity index is 1590. The number of nitrogens with one attached hydrogen (secondary N) is 2. The fourth-order valence-corrected chi connectivity index (χ4v) is 6.35. The van der Waals surface area contributed by atoms with Crippen LogP contribution < -0.4 is 15.0 Å². The first-order valence-electron chi connectivity index (χ1n) is 15.5. The van der Waals surface area contributed by atoms with Gasteiger partial charge in [0.2, 0.25) is 5.91 Å². The second-order valence-electron chi connectivity index (χ2n) is 12.1. The maximum atomic E-state index is 14.5. The van der Waals surface area contributed by atoms with Gasteiger partial charge in [-0.05, 0) is 49.0 Å². The lowest BCUT2D eigenvalue weighted by atomic mass is 9.91. The largest absolute Gasteiger partial charge is 0.490 e. The van der Waals surface area contributed by atoms with Crippen LogP contribution in [0.15, 0.2) is 79.0 Å². The van der Waals surface area contributed by atoms with Crippen LogP contribution in [-0.2, 0) is 17.9 Å². The summed E-state index contributed by atoms with van der Waals surface area (Å²) in [4.78, 5) is 39.8. The first-order chi connectivity index (χ1) is 21.4. The lowest BCUT2D eigenvalue weighted by molar-refractivity contribution is -0.121. The molecule has 44 heavy (non-hydrogen) atoms. The number of nitrogens with zero attached hydrogens (tertiary/aromatic N) is 4. The summed E-state index contributed by atoms with van der Waals surface area (Å²) in [6.07, 6.45) is 1.96. The fraction of sp³-hybridized carbons (Fsp3) is 0.371. The van der Waals surface area contributed by atoms with Gasteiger partial charge in [0.25, 0.3) is 0 Å². The molecule has 0 saturated carbocycles. The number of benzene rings is 3. The second-order valence-corrected chi connectivity index (χ2v) is 12.1. The van der Waals surface area contributed by atoms with Crippen molar-refractivity contribution >= 4 is 28.5 Å². The van der Waals surface area contributed by atoms with Crippen LogP contribution in [0.25, 0.3) is 10.9 Å². The highest BCUT2D eigenvalue weighted by atomic mass is 16.5. The van der Waals surface area contributed by atoms with E-state index in [-0.39, 0.29) is 17.9 Å². The first-order valence-corrected chi connectivity index (χ1v) is 15.5. The molecular formula is C35H42N6O3. The van der Waals surface area contributed by atoms with Crippen molar-refractivity contribution in [3.8, 4) is 5.75 Å². The standard InChI is InChI=1S/C35H42N6O3/c1-25(29-22-36-30-12-8-7-11-28(29)30)33(34(42)41-19-20-44-32-14-13-27(21-31(32)41)23-38(2)3)37-35(43)40-17-15-39(16-18-40)24-26-9-5-4-6-10-26/h4-14,21-22,25,33,36H,15-20,23-24H2,1-3H3,(H,37,43)/t25-,33-/m1/s1. The van der Waals surface area contributed by atoms with E-state index in [4.69, 9.17) is 4.74 Å². The highest BCUT2D eigenvalue weighted by Crippen LogP contribution is 2.35. The Morgan fingerprint density at radius 1 is 0.932 bits per heavy atom. The predicted molar refractivity (Wildman–Crippen MR) is 174 cm³/mol. The number of aromatic nitrogens is 1. The smallest absolute Gasteiger partial charge is 0.318 e. The van der Waals surface area contributed by atoms with Crippen molar-refractivity contribution in [3.05, 3.63) is 95.7 Å². The summed E-state index contributed by atoms with van der Waals surface area (Å²) in [7, 11) is 4.05. The van der Waals surface area contributed by atoms with E-state index in [2.05, 4.69) is 50.4 Å². The third kappa shape index (κ3) is 6.44. The molecule has 9 heteroatoms. The number of H-pyrrole nitrogens is 1. The van der Waals surface area contributed by atoms with Crippen molar-refractivity contribution in [3.63, 3.8) is 0 Å². The molecule has 230 valence electrons. The Balaban J connectivity index is 1.24. The molecule has 0 unspecified atom stereocenters. The van der Waals surface area contributed by atoms with Crippen LogP contribution in [0.4, 0.5) is 10.5 Å². The summed E-state index contributed by atoms with van der Waals surface area (Å²) < 4.78 is 5.95. The van der Waals surface area contributed by atoms with Gasteiger partial charge in [0.15, 0.2) is 0 Å². The van der Waals surface area contributed by atoms with E-state index in [0.717, 1.165) is 53.9 Å². The van der Waals surface area contributed by atoms with E-state index in [1.54, 1.807) is 4.90 Å². The van der Waals surface area contributed by atoms with Gasteiger partial charge in [-0.25, -0.2) is 4.79 Å². The molecule has 0 aliphatic carbocycles. The molecule has 2 N–H and O–H groups in total. The summed E-state index contributed by atoms with van der Waals surface area (Å²) in [5.74, 6) is 0.273. The number of para-hydroxylation sites is 1. The number of rotatable bonds is 8. The molecule has 3 aromatic carbocycles. The van der Waals surface area contributed by atoms with Gasteiger partial charge < -0.3 is 29.7 Å². The number of urea groups is 1. The van der Waals surface area contributed by atoms with E-state index in [0.29, 0.717) is 32.0 Å². The summed E-state index contributed by atoms with van der Waals surface area (Å²) >= 11 is 0. The van der Waals surface area contributed by atoms with Crippen LogP contribution in [0, 0.1) is 0 Å². The lowest BCUT2D eigenvalue weighted by Crippen LogP contribution is -2.58. The van der Waals surface area contributed by atoms with Crippen LogP contribution in [-0.4, -0.2) is 91.1 Å². The molecule has 0 bridgehead atoms. The molecule has 2 atom stereocenters. The van der Waals surface area contributed by atoms with Crippen molar-refractivity contribution in [1.82, 2.24) is 25.0 Å². The molecule has 0 radical (unpaired) electrons. The number of carbonyl (C=O) groups is 2. The third-order valence-electron chi connectivity index (χ3n) is 8.72. The number of fused-ring (bicyclic) bond motifs is 2. The lowest BCUT2D eigenvalue weighted by Gasteiger charge is -2.38. The van der Waals surface area contributed by atoms with Crippen molar-refractivity contribution in [2.45, 2.75) is 32.0 Å². The molecule has 2 aliphatic rings. The number of amides is 3. The minimum Gasteiger partial charge on any atom is -0.490 e. The number of hydrogen-bond acceptors (Lipinski definition) is 5. The predicted octanol–water partition coefficient (Wildman–Crippen LogP) is 4.65. The Labute approximate surface area is 259 Å². The number of anilines is 1. The van der Waals surface area contributed by atoms with Crippen LogP contribution in [0.3, 0.4) is 0 Å². The highest BCUT2D eigenvalue weighted by Gasteiger charge is 2.37. The van der Waals surface area contributed by atoms with E-state index >= 15 is 0 Å². The van der Waals surface area contributed by atoms with Gasteiger partial charge >= 0.3 is 6.03 Å². The highest BCUT2D eigenvalue weighted by molar-refractivity contribution is 6.01. The molecule has 3 heterocycles. The molecule has 1 saturated heterocycles. The van der Waals surface area contributed by atoms with Gasteiger partial charge in [0.1, 0.15) is 18.4 Å².